The molecular weight excluding hydrogens is 254 g/mol. The third kappa shape index (κ3) is 4.26. The van der Waals surface area contributed by atoms with E-state index in [-0.39, 0.29) is 5.41 Å². The summed E-state index contributed by atoms with van der Waals surface area (Å²) in [7, 11) is 0. The lowest BCUT2D eigenvalue weighted by atomic mass is 9.98. The first-order valence-corrected chi connectivity index (χ1v) is 8.19. The van der Waals surface area contributed by atoms with E-state index >= 15 is 0 Å². The van der Waals surface area contributed by atoms with Gasteiger partial charge in [0.05, 0.1) is 5.01 Å². The Morgan fingerprint density at radius 2 is 2.26 bits per heavy atom. The van der Waals surface area contributed by atoms with Crippen molar-refractivity contribution in [1.82, 2.24) is 15.2 Å². The van der Waals surface area contributed by atoms with Gasteiger partial charge in [-0.15, -0.1) is 11.3 Å². The summed E-state index contributed by atoms with van der Waals surface area (Å²) in [5.41, 5.74) is 0.177. The van der Waals surface area contributed by atoms with E-state index in [1.165, 1.54) is 35.9 Å². The van der Waals surface area contributed by atoms with Crippen molar-refractivity contribution < 1.29 is 0 Å². The van der Waals surface area contributed by atoms with Crippen molar-refractivity contribution in [2.24, 2.45) is 5.92 Å². The maximum Gasteiger partial charge on any atom is 0.0981 e. The molecule has 2 heterocycles. The van der Waals surface area contributed by atoms with Crippen molar-refractivity contribution >= 4 is 11.3 Å². The second-order valence-corrected chi connectivity index (χ2v) is 7.68. The Morgan fingerprint density at radius 1 is 1.47 bits per heavy atom. The van der Waals surface area contributed by atoms with Gasteiger partial charge in [0.1, 0.15) is 0 Å². The molecule has 0 amide bonds. The molecule has 1 aliphatic rings. The van der Waals surface area contributed by atoms with Crippen molar-refractivity contribution in [2.75, 3.05) is 26.2 Å². The van der Waals surface area contributed by atoms with Crippen LogP contribution < -0.4 is 5.32 Å². The Balaban J connectivity index is 1.73. The second kappa shape index (κ2) is 6.33. The van der Waals surface area contributed by atoms with E-state index in [4.69, 9.17) is 0 Å². The molecule has 1 aromatic rings. The van der Waals surface area contributed by atoms with Crippen LogP contribution in [0.2, 0.25) is 0 Å². The molecule has 4 heteroatoms. The third-order valence-corrected chi connectivity index (χ3v) is 5.17. The first kappa shape index (κ1) is 14.9. The number of hydrogen-bond donors (Lipinski definition) is 1. The summed E-state index contributed by atoms with van der Waals surface area (Å²) in [6, 6.07) is 0. The molecule has 1 atom stereocenters. The number of nitrogens with one attached hydrogen (secondary N) is 1. The topological polar surface area (TPSA) is 28.2 Å². The average molecular weight is 281 g/mol. The van der Waals surface area contributed by atoms with Crippen LogP contribution in [-0.2, 0) is 12.0 Å². The normalized spacial score (nSPS) is 21.2. The molecule has 0 aliphatic carbocycles. The molecule has 1 aromatic heterocycles. The molecule has 0 radical (unpaired) electrons. The number of likely N-dealkylation sites (tertiary alicyclic amines) is 1. The minimum absolute atomic E-state index is 0.177. The van der Waals surface area contributed by atoms with Gasteiger partial charge in [-0.25, -0.2) is 4.98 Å². The number of nitrogens with zero attached hydrogens (tertiary/aromatic N) is 2. The first-order valence-electron chi connectivity index (χ1n) is 7.37. The predicted molar refractivity (Wildman–Crippen MR) is 82.7 cm³/mol. The van der Waals surface area contributed by atoms with Crippen LogP contribution in [0.3, 0.4) is 0 Å². The summed E-state index contributed by atoms with van der Waals surface area (Å²) in [6.45, 7) is 14.8. The number of hydrogen-bond acceptors (Lipinski definition) is 4. The minimum atomic E-state index is 0.177. The van der Waals surface area contributed by atoms with Crippen molar-refractivity contribution in [2.45, 2.75) is 46.1 Å². The zero-order chi connectivity index (χ0) is 13.9. The lowest BCUT2D eigenvalue weighted by molar-refractivity contribution is 0.339. The highest BCUT2D eigenvalue weighted by Crippen LogP contribution is 2.26. The molecule has 0 aromatic carbocycles. The van der Waals surface area contributed by atoms with Gasteiger partial charge in [0.15, 0.2) is 0 Å². The van der Waals surface area contributed by atoms with Gasteiger partial charge >= 0.3 is 0 Å². The molecule has 0 spiro atoms. The summed E-state index contributed by atoms with van der Waals surface area (Å²) in [6.07, 6.45) is 3.38. The highest BCUT2D eigenvalue weighted by molar-refractivity contribution is 7.11. The molecule has 0 saturated carbocycles. The van der Waals surface area contributed by atoms with Crippen LogP contribution in [-0.4, -0.2) is 36.1 Å². The summed E-state index contributed by atoms with van der Waals surface area (Å²) < 4.78 is 0. The lowest BCUT2D eigenvalue weighted by Crippen LogP contribution is -2.25. The minimum Gasteiger partial charge on any atom is -0.311 e. The SMILES string of the molecule is CCN1CCC(CNCc2cnc(C(C)(C)C)s2)C1. The van der Waals surface area contributed by atoms with Gasteiger partial charge in [-0.05, 0) is 32.0 Å². The van der Waals surface area contributed by atoms with Gasteiger partial charge in [0.25, 0.3) is 0 Å². The van der Waals surface area contributed by atoms with Crippen molar-refractivity contribution in [1.29, 1.82) is 0 Å². The Bertz CT molecular complexity index is 394. The van der Waals surface area contributed by atoms with E-state index in [1.807, 2.05) is 17.5 Å². The third-order valence-electron chi connectivity index (χ3n) is 3.74. The fourth-order valence-corrected chi connectivity index (χ4v) is 3.44. The van der Waals surface area contributed by atoms with Crippen molar-refractivity contribution in [3.63, 3.8) is 0 Å². The van der Waals surface area contributed by atoms with Crippen LogP contribution in [0.4, 0.5) is 0 Å². The molecule has 1 unspecified atom stereocenters. The monoisotopic (exact) mass is 281 g/mol. The van der Waals surface area contributed by atoms with Crippen LogP contribution in [0.5, 0.6) is 0 Å². The first-order chi connectivity index (χ1) is 8.99. The lowest BCUT2D eigenvalue weighted by Gasteiger charge is -2.14. The van der Waals surface area contributed by atoms with Crippen molar-refractivity contribution in [3.05, 3.63) is 16.1 Å². The molecule has 1 saturated heterocycles. The van der Waals surface area contributed by atoms with Gasteiger partial charge in [0, 0.05) is 29.6 Å². The summed E-state index contributed by atoms with van der Waals surface area (Å²) in [4.78, 5) is 8.43. The summed E-state index contributed by atoms with van der Waals surface area (Å²) in [5.74, 6) is 0.829. The molecule has 0 bridgehead atoms. The van der Waals surface area contributed by atoms with Gasteiger partial charge in [-0.1, -0.05) is 27.7 Å². The largest absolute Gasteiger partial charge is 0.311 e. The van der Waals surface area contributed by atoms with Crippen LogP contribution in [0.1, 0.15) is 44.0 Å². The van der Waals surface area contributed by atoms with Crippen molar-refractivity contribution in [3.8, 4) is 0 Å². The summed E-state index contributed by atoms with van der Waals surface area (Å²) in [5, 5.41) is 4.84. The molecule has 19 heavy (non-hydrogen) atoms. The Morgan fingerprint density at radius 3 is 2.84 bits per heavy atom. The fourth-order valence-electron chi connectivity index (χ4n) is 2.50. The van der Waals surface area contributed by atoms with Crippen LogP contribution >= 0.6 is 11.3 Å². The smallest absolute Gasteiger partial charge is 0.0981 e. The molecule has 3 nitrogen and oxygen atoms in total. The summed E-state index contributed by atoms with van der Waals surface area (Å²) >= 11 is 1.84. The maximum atomic E-state index is 4.53. The number of thiazole rings is 1. The Kier molecular flexibility index (Phi) is 4.98. The van der Waals surface area contributed by atoms with Gasteiger partial charge < -0.3 is 10.2 Å². The van der Waals surface area contributed by atoms with E-state index in [1.54, 1.807) is 0 Å². The number of aromatic nitrogens is 1. The van der Waals surface area contributed by atoms with Crippen LogP contribution in [0.15, 0.2) is 6.20 Å². The molecule has 1 N–H and O–H groups in total. The maximum absolute atomic E-state index is 4.53. The average Bonchev–Trinajstić information content (AvgIpc) is 2.96. The molecular formula is C15H27N3S. The fraction of sp³-hybridized carbons (Fsp3) is 0.800. The molecule has 1 aliphatic heterocycles. The van der Waals surface area contributed by atoms with Gasteiger partial charge in [-0.2, -0.15) is 0 Å². The predicted octanol–water partition coefficient (Wildman–Crippen LogP) is 2.87. The zero-order valence-electron chi connectivity index (χ0n) is 12.7. The van der Waals surface area contributed by atoms with Crippen LogP contribution in [0, 0.1) is 5.92 Å². The highest BCUT2D eigenvalue weighted by atomic mass is 32.1. The van der Waals surface area contributed by atoms with E-state index in [0.29, 0.717) is 0 Å². The Hall–Kier alpha value is -0.450. The highest BCUT2D eigenvalue weighted by Gasteiger charge is 2.21. The van der Waals surface area contributed by atoms with E-state index in [2.05, 4.69) is 42.9 Å². The quantitative estimate of drug-likeness (QED) is 0.899. The van der Waals surface area contributed by atoms with Crippen LogP contribution in [0.25, 0.3) is 0 Å². The zero-order valence-corrected chi connectivity index (χ0v) is 13.5. The standard InChI is InChI=1S/C15H27N3S/c1-5-18-7-6-12(11-18)8-16-9-13-10-17-14(19-13)15(2,3)4/h10,12,16H,5-9,11H2,1-4H3. The number of rotatable bonds is 5. The Labute approximate surface area is 121 Å². The second-order valence-electron chi connectivity index (χ2n) is 6.56. The van der Waals surface area contributed by atoms with E-state index in [9.17, 15) is 0 Å². The molecule has 108 valence electrons. The van der Waals surface area contributed by atoms with Gasteiger partial charge in [0.2, 0.25) is 0 Å². The molecule has 2 rings (SSSR count). The van der Waals surface area contributed by atoms with E-state index < -0.39 is 0 Å². The molecule has 1 fully saturated rings. The van der Waals surface area contributed by atoms with E-state index in [0.717, 1.165) is 19.0 Å². The van der Waals surface area contributed by atoms with Gasteiger partial charge in [-0.3, -0.25) is 0 Å².